The van der Waals surface area contributed by atoms with Gasteiger partial charge in [0.25, 0.3) is 0 Å². The first-order valence-electron chi connectivity index (χ1n) is 3.76. The number of thioether (sulfide) groups is 1. The Kier molecular flexibility index (Phi) is 1.57. The molecule has 2 heteroatoms. The van der Waals surface area contributed by atoms with Gasteiger partial charge in [0, 0.05) is 11.3 Å². The Bertz CT molecular complexity index is 205. The summed E-state index contributed by atoms with van der Waals surface area (Å²) in [7, 11) is 0. The molecule has 10 heavy (non-hydrogen) atoms. The normalized spacial score (nSPS) is 25.4. The third kappa shape index (κ3) is 0.908. The summed E-state index contributed by atoms with van der Waals surface area (Å²) in [5, 5.41) is 0.356. The number of rotatable bonds is 0. The fourth-order valence-electron chi connectivity index (χ4n) is 1.61. The van der Waals surface area contributed by atoms with Gasteiger partial charge in [-0.05, 0) is 25.7 Å². The monoisotopic (exact) mass is 154 g/mol. The van der Waals surface area contributed by atoms with Crippen LogP contribution in [-0.2, 0) is 4.79 Å². The van der Waals surface area contributed by atoms with Crippen LogP contribution in [0.4, 0.5) is 0 Å². The van der Waals surface area contributed by atoms with E-state index in [1.54, 1.807) is 0 Å². The van der Waals surface area contributed by atoms with Crippen LogP contribution in [0, 0.1) is 0 Å². The summed E-state index contributed by atoms with van der Waals surface area (Å²) in [6.45, 7) is 0. The van der Waals surface area contributed by atoms with E-state index in [-0.39, 0.29) is 0 Å². The molecule has 0 unspecified atom stereocenters. The van der Waals surface area contributed by atoms with Gasteiger partial charge in [0.1, 0.15) is 0 Å². The lowest BCUT2D eigenvalue weighted by Crippen LogP contribution is -1.99. The van der Waals surface area contributed by atoms with Crippen LogP contribution >= 0.6 is 11.8 Å². The van der Waals surface area contributed by atoms with Crippen LogP contribution in [0.5, 0.6) is 0 Å². The largest absolute Gasteiger partial charge is 0.282 e. The quantitative estimate of drug-likeness (QED) is 0.531. The Balaban J connectivity index is 2.29. The molecule has 0 aromatic rings. The summed E-state index contributed by atoms with van der Waals surface area (Å²) in [6.07, 6.45) is 4.77. The van der Waals surface area contributed by atoms with E-state index in [4.69, 9.17) is 0 Å². The predicted molar refractivity (Wildman–Crippen MR) is 43.0 cm³/mol. The third-order valence-electron chi connectivity index (χ3n) is 2.21. The predicted octanol–water partition coefficient (Wildman–Crippen LogP) is 2.13. The van der Waals surface area contributed by atoms with Crippen LogP contribution in [-0.4, -0.2) is 10.9 Å². The molecule has 0 amide bonds. The highest BCUT2D eigenvalue weighted by Crippen LogP contribution is 2.36. The molecule has 1 nitrogen and oxygen atoms in total. The second kappa shape index (κ2) is 2.42. The Morgan fingerprint density at radius 1 is 1.20 bits per heavy atom. The zero-order valence-corrected chi connectivity index (χ0v) is 6.67. The van der Waals surface area contributed by atoms with Crippen LogP contribution in [0.1, 0.15) is 25.7 Å². The third-order valence-corrected chi connectivity index (χ3v) is 3.21. The fourth-order valence-corrected chi connectivity index (χ4v) is 2.66. The topological polar surface area (TPSA) is 17.1 Å². The van der Waals surface area contributed by atoms with E-state index in [1.807, 2.05) is 0 Å². The highest BCUT2D eigenvalue weighted by atomic mass is 32.2. The molecule has 1 aliphatic heterocycles. The van der Waals surface area contributed by atoms with Crippen molar-refractivity contribution in [2.45, 2.75) is 25.7 Å². The molecular weight excluding hydrogens is 144 g/mol. The second-order valence-corrected chi connectivity index (χ2v) is 3.81. The van der Waals surface area contributed by atoms with Gasteiger partial charge in [-0.1, -0.05) is 17.3 Å². The molecule has 0 atom stereocenters. The molecule has 0 bridgehead atoms. The molecule has 0 radical (unpaired) electrons. The van der Waals surface area contributed by atoms with Crippen molar-refractivity contribution in [3.05, 3.63) is 11.1 Å². The summed E-state index contributed by atoms with van der Waals surface area (Å²) in [6, 6.07) is 0. The molecule has 0 saturated heterocycles. The van der Waals surface area contributed by atoms with Gasteiger partial charge in [-0.3, -0.25) is 4.79 Å². The number of hydrogen-bond donors (Lipinski definition) is 0. The van der Waals surface area contributed by atoms with Gasteiger partial charge in [0.05, 0.1) is 0 Å². The van der Waals surface area contributed by atoms with Gasteiger partial charge in [-0.25, -0.2) is 0 Å². The molecular formula is C8H10OS. The Labute approximate surface area is 64.9 Å². The summed E-state index contributed by atoms with van der Waals surface area (Å²) in [5.74, 6) is 0.994. The van der Waals surface area contributed by atoms with Gasteiger partial charge in [-0.15, -0.1) is 0 Å². The summed E-state index contributed by atoms with van der Waals surface area (Å²) in [5.41, 5.74) is 2.61. The fraction of sp³-hybridized carbons (Fsp3) is 0.625. The second-order valence-electron chi connectivity index (χ2n) is 2.87. The maximum absolute atomic E-state index is 11.1. The lowest BCUT2D eigenvalue weighted by molar-refractivity contribution is -0.107. The van der Waals surface area contributed by atoms with Crippen molar-refractivity contribution in [1.82, 2.24) is 0 Å². The van der Waals surface area contributed by atoms with Gasteiger partial charge >= 0.3 is 0 Å². The highest BCUT2D eigenvalue weighted by molar-refractivity contribution is 8.14. The highest BCUT2D eigenvalue weighted by Gasteiger charge is 2.25. The van der Waals surface area contributed by atoms with Crippen molar-refractivity contribution < 1.29 is 4.79 Å². The maximum atomic E-state index is 11.1. The minimum Gasteiger partial charge on any atom is -0.282 e. The molecule has 1 heterocycles. The van der Waals surface area contributed by atoms with E-state index in [0.29, 0.717) is 5.12 Å². The molecule has 0 N–H and O–H groups in total. The summed E-state index contributed by atoms with van der Waals surface area (Å²) >= 11 is 1.49. The van der Waals surface area contributed by atoms with Crippen molar-refractivity contribution >= 4 is 16.9 Å². The van der Waals surface area contributed by atoms with Crippen LogP contribution in [0.15, 0.2) is 11.1 Å². The lowest BCUT2D eigenvalue weighted by Gasteiger charge is -2.10. The Morgan fingerprint density at radius 2 is 2.00 bits per heavy atom. The molecule has 54 valence electrons. The lowest BCUT2D eigenvalue weighted by atomic mass is 9.94. The number of hydrogen-bond acceptors (Lipinski definition) is 2. The molecule has 0 fully saturated rings. The van der Waals surface area contributed by atoms with E-state index < -0.39 is 0 Å². The number of carbonyl (C=O) groups is 1. The van der Waals surface area contributed by atoms with E-state index >= 15 is 0 Å². The van der Waals surface area contributed by atoms with Crippen molar-refractivity contribution in [1.29, 1.82) is 0 Å². The maximum Gasteiger partial charge on any atom is 0.215 e. The summed E-state index contributed by atoms with van der Waals surface area (Å²) < 4.78 is 0. The minimum atomic E-state index is 0.356. The van der Waals surface area contributed by atoms with Crippen LogP contribution in [0.2, 0.25) is 0 Å². The number of carbonyl (C=O) groups excluding carboxylic acids is 1. The molecule has 0 aromatic heterocycles. The molecule has 0 aromatic carbocycles. The van der Waals surface area contributed by atoms with Crippen LogP contribution in [0.25, 0.3) is 0 Å². The minimum absolute atomic E-state index is 0.356. The van der Waals surface area contributed by atoms with Crippen molar-refractivity contribution in [2.24, 2.45) is 0 Å². The van der Waals surface area contributed by atoms with Gasteiger partial charge in [0.2, 0.25) is 5.12 Å². The SMILES string of the molecule is O=C1SCC2=C1CCCC2. The van der Waals surface area contributed by atoms with Crippen molar-refractivity contribution in [2.75, 3.05) is 5.75 Å². The van der Waals surface area contributed by atoms with E-state index in [9.17, 15) is 4.79 Å². The van der Waals surface area contributed by atoms with E-state index in [0.717, 1.165) is 17.7 Å². The van der Waals surface area contributed by atoms with Gasteiger partial charge in [-0.2, -0.15) is 0 Å². The molecule has 0 spiro atoms. The zero-order chi connectivity index (χ0) is 6.97. The van der Waals surface area contributed by atoms with Gasteiger partial charge < -0.3 is 0 Å². The smallest absolute Gasteiger partial charge is 0.215 e. The first-order valence-corrected chi connectivity index (χ1v) is 4.74. The van der Waals surface area contributed by atoms with Crippen molar-refractivity contribution in [3.8, 4) is 0 Å². The Morgan fingerprint density at radius 3 is 2.80 bits per heavy atom. The zero-order valence-electron chi connectivity index (χ0n) is 5.85. The van der Waals surface area contributed by atoms with Crippen LogP contribution in [0.3, 0.4) is 0 Å². The van der Waals surface area contributed by atoms with E-state index in [1.165, 1.54) is 36.6 Å². The van der Waals surface area contributed by atoms with Crippen LogP contribution < -0.4 is 0 Å². The Hall–Kier alpha value is -0.240. The molecule has 2 rings (SSSR count). The molecule has 0 saturated carbocycles. The standard InChI is InChI=1S/C8H10OS/c9-8-7-4-2-1-3-6(7)5-10-8/h1-5H2. The van der Waals surface area contributed by atoms with E-state index in [2.05, 4.69) is 0 Å². The van der Waals surface area contributed by atoms with Crippen molar-refractivity contribution in [3.63, 3.8) is 0 Å². The van der Waals surface area contributed by atoms with Gasteiger partial charge in [0.15, 0.2) is 0 Å². The molecule has 1 aliphatic carbocycles. The average molecular weight is 154 g/mol. The first kappa shape index (κ1) is 6.47. The summed E-state index contributed by atoms with van der Waals surface area (Å²) in [4.78, 5) is 11.1. The average Bonchev–Trinajstić information content (AvgIpc) is 2.34. The molecule has 2 aliphatic rings. The first-order chi connectivity index (χ1) is 4.88.